The molecule has 0 atom stereocenters. The van der Waals surface area contributed by atoms with Gasteiger partial charge in [0.2, 0.25) is 5.78 Å². The molecular formula is C19H18N4O5S2. The fourth-order valence-electron chi connectivity index (χ4n) is 3.04. The van der Waals surface area contributed by atoms with E-state index in [0.717, 1.165) is 5.56 Å². The van der Waals surface area contributed by atoms with Crippen LogP contribution in [0.25, 0.3) is 16.0 Å². The lowest BCUT2D eigenvalue weighted by atomic mass is 10.2. The molecule has 4 rings (SSSR count). The van der Waals surface area contributed by atoms with Crippen LogP contribution in [0.3, 0.4) is 0 Å². The third kappa shape index (κ3) is 3.61. The zero-order valence-corrected chi connectivity index (χ0v) is 17.9. The van der Waals surface area contributed by atoms with Crippen molar-refractivity contribution in [2.24, 2.45) is 7.05 Å². The summed E-state index contributed by atoms with van der Waals surface area (Å²) in [6.45, 7) is 1.68. The van der Waals surface area contributed by atoms with E-state index in [9.17, 15) is 18.0 Å². The van der Waals surface area contributed by atoms with E-state index in [1.165, 1.54) is 28.0 Å². The van der Waals surface area contributed by atoms with Crippen molar-refractivity contribution in [3.05, 3.63) is 57.5 Å². The van der Waals surface area contributed by atoms with Crippen LogP contribution in [-0.2, 0) is 33.0 Å². The number of rotatable bonds is 6. The largest absolute Gasteiger partial charge is 0.457 e. The van der Waals surface area contributed by atoms with Gasteiger partial charge >= 0.3 is 5.97 Å². The first kappa shape index (κ1) is 20.2. The number of esters is 1. The second-order valence-electron chi connectivity index (χ2n) is 6.79. The van der Waals surface area contributed by atoms with Crippen LogP contribution >= 0.6 is 11.3 Å². The predicted octanol–water partition coefficient (Wildman–Crippen LogP) is 1.86. The summed E-state index contributed by atoms with van der Waals surface area (Å²) in [5, 5.41) is 9.83. The van der Waals surface area contributed by atoms with E-state index in [1.54, 1.807) is 35.0 Å². The van der Waals surface area contributed by atoms with Crippen molar-refractivity contribution < 1.29 is 17.9 Å². The van der Waals surface area contributed by atoms with Crippen LogP contribution in [-0.4, -0.2) is 39.3 Å². The number of fused-ring (bicyclic) bond motifs is 3. The second kappa shape index (κ2) is 7.65. The molecular weight excluding hydrogens is 428 g/mol. The Hall–Kier alpha value is -3.05. The van der Waals surface area contributed by atoms with E-state index in [2.05, 4.69) is 10.2 Å². The molecule has 0 radical (unpaired) electrons. The highest BCUT2D eigenvalue weighted by atomic mass is 32.2. The summed E-state index contributed by atoms with van der Waals surface area (Å²) >= 11 is 1.30. The number of carbonyl (C=O) groups excluding carboxylic acids is 1. The summed E-state index contributed by atoms with van der Waals surface area (Å²) in [5.41, 5.74) is 1.41. The number of benzene rings is 1. The number of sulfone groups is 1. The zero-order valence-electron chi connectivity index (χ0n) is 16.2. The van der Waals surface area contributed by atoms with Crippen LogP contribution in [0.4, 0.5) is 0 Å². The quantitative estimate of drug-likeness (QED) is 0.416. The topological polar surface area (TPSA) is 113 Å². The first-order valence-electron chi connectivity index (χ1n) is 9.03. The van der Waals surface area contributed by atoms with Crippen molar-refractivity contribution >= 4 is 43.1 Å². The lowest BCUT2D eigenvalue weighted by Gasteiger charge is -2.07. The standard InChI is InChI=1S/C19H18N4O5S2/c1-12-3-5-13(6-4-12)30(26,27)10-8-16(24)28-11-15-20-21-19-22(2)18(25)17-14(23(15)19)7-9-29-17/h3-7,9H,8,10-11H2,1-2H3. The van der Waals surface area contributed by atoms with E-state index >= 15 is 0 Å². The molecule has 0 amide bonds. The molecule has 11 heteroatoms. The molecule has 0 N–H and O–H groups in total. The van der Waals surface area contributed by atoms with Crippen LogP contribution in [0.2, 0.25) is 0 Å². The van der Waals surface area contributed by atoms with Crippen LogP contribution < -0.4 is 5.56 Å². The van der Waals surface area contributed by atoms with Gasteiger partial charge in [-0.1, -0.05) is 17.7 Å². The predicted molar refractivity (Wildman–Crippen MR) is 111 cm³/mol. The molecule has 1 aromatic carbocycles. The van der Waals surface area contributed by atoms with Gasteiger partial charge in [-0.15, -0.1) is 21.5 Å². The summed E-state index contributed by atoms with van der Waals surface area (Å²) in [5.74, 6) is -0.329. The molecule has 3 aromatic heterocycles. The molecule has 30 heavy (non-hydrogen) atoms. The maximum Gasteiger partial charge on any atom is 0.307 e. The summed E-state index contributed by atoms with van der Waals surface area (Å²) < 4.78 is 33.6. The number of hydrogen-bond acceptors (Lipinski definition) is 8. The van der Waals surface area contributed by atoms with Crippen LogP contribution in [0, 0.1) is 6.92 Å². The van der Waals surface area contributed by atoms with E-state index in [1.807, 2.05) is 6.92 Å². The minimum absolute atomic E-state index is 0.171. The van der Waals surface area contributed by atoms with Crippen molar-refractivity contribution in [2.45, 2.75) is 24.8 Å². The Kier molecular flexibility index (Phi) is 5.16. The third-order valence-corrected chi connectivity index (χ3v) is 7.34. The Morgan fingerprint density at radius 2 is 1.90 bits per heavy atom. The smallest absolute Gasteiger partial charge is 0.307 e. The molecule has 0 saturated heterocycles. The minimum atomic E-state index is -3.58. The SMILES string of the molecule is Cc1ccc(S(=O)(=O)CCC(=O)OCc2nnc3n(C)c(=O)c4sccc4n23)cc1. The van der Waals surface area contributed by atoms with Gasteiger partial charge in [-0.25, -0.2) is 8.42 Å². The molecule has 0 bridgehead atoms. The fraction of sp³-hybridized carbons (Fsp3) is 0.263. The van der Waals surface area contributed by atoms with Gasteiger partial charge in [0.05, 0.1) is 22.6 Å². The molecule has 0 aliphatic carbocycles. The van der Waals surface area contributed by atoms with Crippen LogP contribution in [0.5, 0.6) is 0 Å². The zero-order chi connectivity index (χ0) is 21.5. The maximum absolute atomic E-state index is 12.4. The molecule has 0 spiro atoms. The van der Waals surface area contributed by atoms with Gasteiger partial charge in [-0.05, 0) is 30.5 Å². The number of ether oxygens (including phenoxy) is 1. The highest BCUT2D eigenvalue weighted by molar-refractivity contribution is 7.91. The normalized spacial score (nSPS) is 11.9. The number of aryl methyl sites for hydroxylation is 2. The molecule has 0 unspecified atom stereocenters. The second-order valence-corrected chi connectivity index (χ2v) is 9.82. The fourth-order valence-corrected chi connectivity index (χ4v) is 5.12. The van der Waals surface area contributed by atoms with Crippen molar-refractivity contribution in [3.63, 3.8) is 0 Å². The van der Waals surface area contributed by atoms with Gasteiger partial charge in [-0.3, -0.25) is 18.6 Å². The first-order chi connectivity index (χ1) is 14.3. The summed E-state index contributed by atoms with van der Waals surface area (Å²) in [7, 11) is -1.99. The van der Waals surface area contributed by atoms with Crippen molar-refractivity contribution in [2.75, 3.05) is 5.75 Å². The van der Waals surface area contributed by atoms with Gasteiger partial charge in [0.1, 0.15) is 4.70 Å². The molecule has 0 fully saturated rings. The lowest BCUT2D eigenvalue weighted by molar-refractivity contribution is -0.144. The lowest BCUT2D eigenvalue weighted by Crippen LogP contribution is -2.19. The highest BCUT2D eigenvalue weighted by Gasteiger charge is 2.19. The van der Waals surface area contributed by atoms with Crippen molar-refractivity contribution in [1.29, 1.82) is 0 Å². The average molecular weight is 447 g/mol. The molecule has 156 valence electrons. The maximum atomic E-state index is 12.4. The molecule has 4 aromatic rings. The molecule has 0 aliphatic heterocycles. The van der Waals surface area contributed by atoms with Gasteiger partial charge in [0.25, 0.3) is 5.56 Å². The van der Waals surface area contributed by atoms with Gasteiger partial charge in [0.15, 0.2) is 22.3 Å². The Morgan fingerprint density at radius 3 is 2.63 bits per heavy atom. The molecule has 9 nitrogen and oxygen atoms in total. The summed E-state index contributed by atoms with van der Waals surface area (Å²) in [6, 6.07) is 8.24. The first-order valence-corrected chi connectivity index (χ1v) is 11.6. The molecule has 3 heterocycles. The summed E-state index contributed by atoms with van der Waals surface area (Å²) in [4.78, 5) is 24.7. The number of aromatic nitrogens is 4. The van der Waals surface area contributed by atoms with Crippen LogP contribution in [0.1, 0.15) is 17.8 Å². The Balaban J connectivity index is 1.47. The minimum Gasteiger partial charge on any atom is -0.457 e. The molecule has 0 aliphatic rings. The van der Waals surface area contributed by atoms with E-state index < -0.39 is 15.8 Å². The van der Waals surface area contributed by atoms with Gasteiger partial charge in [-0.2, -0.15) is 0 Å². The Bertz CT molecular complexity index is 1420. The van der Waals surface area contributed by atoms with E-state index in [4.69, 9.17) is 4.74 Å². The third-order valence-electron chi connectivity index (χ3n) is 4.71. The average Bonchev–Trinajstić information content (AvgIpc) is 3.36. The number of nitrogens with zero attached hydrogens (tertiary/aromatic N) is 4. The van der Waals surface area contributed by atoms with Crippen molar-refractivity contribution in [3.8, 4) is 0 Å². The monoisotopic (exact) mass is 446 g/mol. The van der Waals surface area contributed by atoms with Crippen LogP contribution in [0.15, 0.2) is 45.4 Å². The highest BCUT2D eigenvalue weighted by Crippen LogP contribution is 2.19. The summed E-state index contributed by atoms with van der Waals surface area (Å²) in [6.07, 6.45) is -0.278. The van der Waals surface area contributed by atoms with Gasteiger partial charge in [0, 0.05) is 7.05 Å². The Labute approximate surface area is 175 Å². The number of hydrogen-bond donors (Lipinski definition) is 0. The number of carbonyl (C=O) groups is 1. The molecule has 0 saturated carbocycles. The van der Waals surface area contributed by atoms with E-state index in [0.29, 0.717) is 21.8 Å². The van der Waals surface area contributed by atoms with Gasteiger partial charge < -0.3 is 4.74 Å². The Morgan fingerprint density at radius 1 is 1.17 bits per heavy atom. The number of thiophene rings is 1. The van der Waals surface area contributed by atoms with E-state index in [-0.39, 0.29) is 29.2 Å². The van der Waals surface area contributed by atoms with Crippen molar-refractivity contribution in [1.82, 2.24) is 19.2 Å².